The molecule has 9 heteroatoms. The number of amides is 1. The number of nitrogen functional groups attached to an aromatic ring is 1. The van der Waals surface area contributed by atoms with Gasteiger partial charge in [-0.1, -0.05) is 29.5 Å². The molecule has 0 saturated carbocycles. The summed E-state index contributed by atoms with van der Waals surface area (Å²) in [5.74, 6) is -0.389. The van der Waals surface area contributed by atoms with Crippen LogP contribution in [0, 0.1) is 12.7 Å². The zero-order valence-corrected chi connectivity index (χ0v) is 19.8. The number of carbonyl (C=O) groups is 1. The molecule has 6 nitrogen and oxygen atoms in total. The number of benzene rings is 2. The largest absolute Gasteiger partial charge is 0.375 e. The third-order valence-corrected chi connectivity index (χ3v) is 7.75. The van der Waals surface area contributed by atoms with Gasteiger partial charge < -0.3 is 15.4 Å². The summed E-state index contributed by atoms with van der Waals surface area (Å²) in [6.45, 7) is 9.33. The number of fused-ring (bicyclic) bond motifs is 3. The summed E-state index contributed by atoms with van der Waals surface area (Å²) < 4.78 is 20.9. The second-order valence-electron chi connectivity index (χ2n) is 8.45. The molecule has 2 aliphatic heterocycles. The molecule has 2 N–H and O–H groups in total. The highest BCUT2D eigenvalue weighted by Gasteiger charge is 2.31. The number of aromatic nitrogens is 1. The van der Waals surface area contributed by atoms with Crippen molar-refractivity contribution in [2.45, 2.75) is 26.1 Å². The van der Waals surface area contributed by atoms with Gasteiger partial charge >= 0.3 is 0 Å². The van der Waals surface area contributed by atoms with Gasteiger partial charge in [0, 0.05) is 42.3 Å². The van der Waals surface area contributed by atoms with E-state index in [0.29, 0.717) is 46.7 Å². The van der Waals surface area contributed by atoms with Gasteiger partial charge in [0.2, 0.25) is 5.91 Å². The predicted octanol–water partition coefficient (Wildman–Crippen LogP) is 4.38. The molecular weight excluding hydrogens is 463 g/mol. The van der Waals surface area contributed by atoms with Gasteiger partial charge in [0.25, 0.3) is 0 Å². The molecule has 1 saturated heterocycles. The first-order chi connectivity index (χ1) is 15.9. The van der Waals surface area contributed by atoms with Gasteiger partial charge in [-0.2, -0.15) is 0 Å². The molecule has 0 spiro atoms. The lowest BCUT2D eigenvalue weighted by molar-refractivity contribution is -0.130. The average Bonchev–Trinajstić information content (AvgIpc) is 3.18. The van der Waals surface area contributed by atoms with E-state index in [1.165, 1.54) is 12.1 Å². The number of nitrogens with zero attached hydrogens (tertiary/aromatic N) is 3. The lowest BCUT2D eigenvalue weighted by Gasteiger charge is -2.42. The number of rotatable bonds is 2. The number of halogens is 2. The Hall–Kier alpha value is -2.52. The van der Waals surface area contributed by atoms with Crippen LogP contribution in [0.15, 0.2) is 30.9 Å². The molecule has 5 rings (SSSR count). The highest BCUT2D eigenvalue weighted by molar-refractivity contribution is 7.22. The van der Waals surface area contributed by atoms with E-state index >= 15 is 0 Å². The Labute approximate surface area is 200 Å². The summed E-state index contributed by atoms with van der Waals surface area (Å²) >= 11 is 7.96. The van der Waals surface area contributed by atoms with Crippen molar-refractivity contribution in [2.75, 3.05) is 32.0 Å². The smallest absolute Gasteiger partial charge is 0.246 e. The second-order valence-corrected chi connectivity index (χ2v) is 9.89. The van der Waals surface area contributed by atoms with Gasteiger partial charge in [0.1, 0.15) is 5.82 Å². The quantitative estimate of drug-likeness (QED) is 0.544. The average molecular weight is 487 g/mol. The van der Waals surface area contributed by atoms with Crippen LogP contribution >= 0.6 is 22.9 Å². The molecule has 2 aromatic carbocycles. The number of anilines is 1. The van der Waals surface area contributed by atoms with Crippen LogP contribution in [0.3, 0.4) is 0 Å². The van der Waals surface area contributed by atoms with Crippen molar-refractivity contribution in [3.8, 4) is 11.1 Å². The Morgan fingerprint density at radius 1 is 1.42 bits per heavy atom. The maximum atomic E-state index is 14.4. The van der Waals surface area contributed by atoms with E-state index in [9.17, 15) is 9.18 Å². The monoisotopic (exact) mass is 486 g/mol. The number of nitrogens with two attached hydrogens (primary N) is 1. The molecule has 172 valence electrons. The minimum absolute atomic E-state index is 0.0473. The van der Waals surface area contributed by atoms with E-state index in [-0.39, 0.29) is 17.8 Å². The summed E-state index contributed by atoms with van der Waals surface area (Å²) in [6.07, 6.45) is 1.36. The summed E-state index contributed by atoms with van der Waals surface area (Å²) in [4.78, 5) is 20.6. The van der Waals surface area contributed by atoms with Crippen LogP contribution in [-0.2, 0) is 22.7 Å². The summed E-state index contributed by atoms with van der Waals surface area (Å²) in [5.41, 5.74) is 11.2. The Morgan fingerprint density at radius 3 is 3.03 bits per heavy atom. The SMILES string of the molecule is C=CC(=O)N1CCN2Cc3cc(Cl)c(-c4ccc(F)c5sc(N)nc45)c(C)c3COC[C@H]2C1. The zero-order valence-electron chi connectivity index (χ0n) is 18.2. The van der Waals surface area contributed by atoms with Gasteiger partial charge in [-0.05, 0) is 47.9 Å². The van der Waals surface area contributed by atoms with E-state index in [1.54, 1.807) is 6.07 Å². The van der Waals surface area contributed by atoms with Crippen LogP contribution in [-0.4, -0.2) is 53.0 Å². The third-order valence-electron chi connectivity index (χ3n) is 6.56. The van der Waals surface area contributed by atoms with Crippen LogP contribution in [0.1, 0.15) is 16.7 Å². The Balaban J connectivity index is 1.54. The minimum atomic E-state index is -0.341. The lowest BCUT2D eigenvalue weighted by atomic mass is 9.91. The highest BCUT2D eigenvalue weighted by Crippen LogP contribution is 2.41. The van der Waals surface area contributed by atoms with E-state index in [0.717, 1.165) is 52.2 Å². The molecule has 1 aromatic heterocycles. The van der Waals surface area contributed by atoms with Gasteiger partial charge in [0.05, 0.1) is 29.5 Å². The first kappa shape index (κ1) is 22.3. The number of thiazole rings is 1. The Bertz CT molecular complexity index is 1280. The van der Waals surface area contributed by atoms with E-state index in [2.05, 4.69) is 16.5 Å². The normalized spacial score (nSPS) is 19.0. The van der Waals surface area contributed by atoms with E-state index in [1.807, 2.05) is 17.9 Å². The van der Waals surface area contributed by atoms with Crippen molar-refractivity contribution >= 4 is 44.2 Å². The number of hydrogen-bond donors (Lipinski definition) is 1. The molecule has 3 heterocycles. The minimum Gasteiger partial charge on any atom is -0.375 e. The van der Waals surface area contributed by atoms with E-state index in [4.69, 9.17) is 22.1 Å². The fraction of sp³-hybridized carbons (Fsp3) is 0.333. The van der Waals surface area contributed by atoms with Gasteiger partial charge in [-0.15, -0.1) is 0 Å². The first-order valence-electron chi connectivity index (χ1n) is 10.8. The molecule has 0 unspecified atom stereocenters. The molecule has 1 amide bonds. The standard InChI is InChI=1S/C24H24ClFN4O2S/c1-3-20(31)30-7-6-29-9-14-8-18(25)21(13(2)17(14)12-32-11-15(29)10-30)16-4-5-19(26)23-22(16)28-24(27)33-23/h3-5,8,15H,1,6-7,9-12H2,2H3,(H2,27,28)/t15-/m1/s1. The Morgan fingerprint density at radius 2 is 2.24 bits per heavy atom. The lowest BCUT2D eigenvalue weighted by Crippen LogP contribution is -2.56. The van der Waals surface area contributed by atoms with Crippen molar-refractivity contribution in [1.29, 1.82) is 0 Å². The van der Waals surface area contributed by atoms with Crippen molar-refractivity contribution in [3.05, 3.63) is 58.4 Å². The van der Waals surface area contributed by atoms with Crippen LogP contribution in [0.2, 0.25) is 5.02 Å². The second kappa shape index (κ2) is 8.68. The molecule has 33 heavy (non-hydrogen) atoms. The number of carbonyl (C=O) groups excluding carboxylic acids is 1. The van der Waals surface area contributed by atoms with Crippen LogP contribution in [0.25, 0.3) is 21.3 Å². The molecular formula is C24H24ClFN4O2S. The first-order valence-corrected chi connectivity index (χ1v) is 12.0. The summed E-state index contributed by atoms with van der Waals surface area (Å²) in [5, 5.41) is 0.906. The fourth-order valence-electron chi connectivity index (χ4n) is 4.85. The summed E-state index contributed by atoms with van der Waals surface area (Å²) in [7, 11) is 0. The molecule has 2 aliphatic rings. The van der Waals surface area contributed by atoms with Crippen molar-refractivity contribution in [2.24, 2.45) is 0 Å². The zero-order chi connectivity index (χ0) is 23.3. The molecule has 3 aromatic rings. The summed E-state index contributed by atoms with van der Waals surface area (Å²) in [6, 6.07) is 5.25. The highest BCUT2D eigenvalue weighted by atomic mass is 35.5. The molecule has 0 bridgehead atoms. The molecule has 1 fully saturated rings. The van der Waals surface area contributed by atoms with Gasteiger partial charge in [-0.25, -0.2) is 9.37 Å². The third kappa shape index (κ3) is 3.91. The van der Waals surface area contributed by atoms with Crippen molar-refractivity contribution in [1.82, 2.24) is 14.8 Å². The number of piperazine rings is 1. The van der Waals surface area contributed by atoms with Crippen LogP contribution < -0.4 is 5.73 Å². The maximum Gasteiger partial charge on any atom is 0.246 e. The Kier molecular flexibility index (Phi) is 5.86. The van der Waals surface area contributed by atoms with Crippen LogP contribution in [0.4, 0.5) is 9.52 Å². The van der Waals surface area contributed by atoms with Crippen molar-refractivity contribution in [3.63, 3.8) is 0 Å². The van der Waals surface area contributed by atoms with Gasteiger partial charge in [-0.3, -0.25) is 9.69 Å². The van der Waals surface area contributed by atoms with Crippen LogP contribution in [0.5, 0.6) is 0 Å². The van der Waals surface area contributed by atoms with E-state index < -0.39 is 0 Å². The number of ether oxygens (including phenoxy) is 1. The maximum absolute atomic E-state index is 14.4. The topological polar surface area (TPSA) is 71.7 Å². The molecule has 0 radical (unpaired) electrons. The predicted molar refractivity (Wildman–Crippen MR) is 130 cm³/mol. The molecule has 0 aliphatic carbocycles. The fourth-order valence-corrected chi connectivity index (χ4v) is 5.99. The van der Waals surface area contributed by atoms with Crippen molar-refractivity contribution < 1.29 is 13.9 Å². The number of hydrogen-bond acceptors (Lipinski definition) is 6. The van der Waals surface area contributed by atoms with Gasteiger partial charge in [0.15, 0.2) is 5.13 Å². The molecule has 1 atom stereocenters.